The van der Waals surface area contributed by atoms with E-state index in [9.17, 15) is 0 Å². The molecule has 0 aromatic heterocycles. The van der Waals surface area contributed by atoms with E-state index in [0.717, 1.165) is 13.1 Å². The molecule has 0 aliphatic carbocycles. The first kappa shape index (κ1) is 16.6. The maximum atomic E-state index is 4.56. The van der Waals surface area contributed by atoms with Crippen LogP contribution in [-0.2, 0) is 0 Å². The molecule has 0 aromatic rings. The number of rotatable bonds is 1. The first-order valence-electron chi connectivity index (χ1n) is 6.05. The molecule has 17 heavy (non-hydrogen) atoms. The average Bonchev–Trinajstić information content (AvgIpc) is 2.29. The predicted molar refractivity (Wildman–Crippen MR) is 96.8 cm³/mol. The second-order valence-electron chi connectivity index (χ2n) is 4.61. The van der Waals surface area contributed by atoms with Gasteiger partial charge in [0.2, 0.25) is 0 Å². The molecule has 0 saturated carbocycles. The molecule has 1 unspecified atom stereocenters. The molecule has 98 valence electrons. The first-order valence-corrected chi connectivity index (χ1v) is 28.4. The van der Waals surface area contributed by atoms with E-state index in [-0.39, 0.29) is 0 Å². The minimum atomic E-state index is -1.24. The molecule has 2 aliphatic heterocycles. The van der Waals surface area contributed by atoms with Gasteiger partial charge in [-0.1, -0.05) is 31.4 Å². The maximum absolute atomic E-state index is 4.56. The molecule has 0 radical (unpaired) electrons. The van der Waals surface area contributed by atoms with Crippen LogP contribution in [0.4, 0.5) is 0 Å². The van der Waals surface area contributed by atoms with Crippen LogP contribution in [-0.4, -0.2) is 29.6 Å². The molecule has 5 heteroatoms. The van der Waals surface area contributed by atoms with E-state index in [0.29, 0.717) is 6.04 Å². The second kappa shape index (κ2) is 8.63. The van der Waals surface area contributed by atoms with Gasteiger partial charge in [-0.15, -0.1) is 25.2 Å². The van der Waals surface area contributed by atoms with Crippen molar-refractivity contribution in [3.63, 3.8) is 0 Å². The molecule has 0 amide bonds. The third-order valence-electron chi connectivity index (χ3n) is 2.36. The van der Waals surface area contributed by atoms with Gasteiger partial charge in [-0.05, 0) is 0 Å². The Labute approximate surface area is 129 Å². The van der Waals surface area contributed by atoms with E-state index in [1.165, 1.54) is 25.0 Å². The van der Waals surface area contributed by atoms with Crippen molar-refractivity contribution >= 4 is 47.7 Å². The molecule has 1 atom stereocenters. The quantitative estimate of drug-likeness (QED) is 0.306. The van der Waals surface area contributed by atoms with E-state index in [1.54, 1.807) is 0 Å². The Morgan fingerprint density at radius 2 is 2.00 bits per heavy atom. The van der Waals surface area contributed by atoms with Crippen LogP contribution in [0, 0.1) is 0 Å². The molecule has 0 bridgehead atoms. The summed E-state index contributed by atoms with van der Waals surface area (Å²) >= 11 is 5.15. The van der Waals surface area contributed by atoms with Crippen LogP contribution in [0.5, 0.6) is 0 Å². The van der Waals surface area contributed by atoms with Crippen molar-refractivity contribution in [2.45, 2.75) is 35.2 Å². The molecule has 1 fully saturated rings. The molecule has 2 nitrogen and oxygen atoms in total. The Bertz CT molecular complexity index is 273. The third-order valence-corrected chi connectivity index (χ3v) is 2.36. The molecular formula is C12H20I2N2Sn-2. The van der Waals surface area contributed by atoms with Crippen LogP contribution in [0.25, 0.3) is 10.6 Å². The van der Waals surface area contributed by atoms with Crippen molar-refractivity contribution in [3.8, 4) is 0 Å². The van der Waals surface area contributed by atoms with Crippen molar-refractivity contribution < 1.29 is 0 Å². The van der Waals surface area contributed by atoms with Gasteiger partial charge in [0, 0.05) is 0 Å². The summed E-state index contributed by atoms with van der Waals surface area (Å²) in [7, 11) is -1.24. The van der Waals surface area contributed by atoms with Gasteiger partial charge in [-0.2, -0.15) is 5.70 Å². The van der Waals surface area contributed by atoms with Gasteiger partial charge in [0.25, 0.3) is 0 Å². The van der Waals surface area contributed by atoms with Crippen LogP contribution < -0.4 is 0 Å². The standard InChI is InChI=1S/C10H14N2.2CH3.2HI.Sn/c1-3-7-11-9(5-1)10-6-2-4-8-12-10;;;;;/h1,3,5,10H,2,4,6-8H2;2*1H3;2*1H;/q-2;;;;;+2/p-2. The molecule has 0 spiro atoms. The van der Waals surface area contributed by atoms with E-state index in [1.807, 2.05) is 0 Å². The van der Waals surface area contributed by atoms with Crippen molar-refractivity contribution in [2.24, 2.45) is 0 Å². The van der Waals surface area contributed by atoms with Gasteiger partial charge in [0.15, 0.2) is 0 Å². The van der Waals surface area contributed by atoms with E-state index < -0.39 is 10.4 Å². The van der Waals surface area contributed by atoms with Crippen LogP contribution >= 0.6 is 37.3 Å². The molecule has 2 rings (SSSR count). The summed E-state index contributed by atoms with van der Waals surface area (Å²) in [6.07, 6.45) is 10.0. The van der Waals surface area contributed by atoms with Crippen molar-refractivity contribution in [1.82, 2.24) is 0 Å². The monoisotopic (exact) mass is 566 g/mol. The zero-order valence-electron chi connectivity index (χ0n) is 10.5. The Morgan fingerprint density at radius 1 is 1.29 bits per heavy atom. The van der Waals surface area contributed by atoms with Crippen LogP contribution in [0.3, 0.4) is 0 Å². The number of piperidine rings is 1. The zero-order valence-corrected chi connectivity index (χ0v) is 17.7. The predicted octanol–water partition coefficient (Wildman–Crippen LogP) is 5.30. The van der Waals surface area contributed by atoms with Gasteiger partial charge in [0.05, 0.1) is 0 Å². The molecule has 2 aliphatic rings. The topological polar surface area (TPSA) is 28.2 Å². The molecule has 0 N–H and O–H groups in total. The number of hydrogen-bond donors (Lipinski definition) is 0. The summed E-state index contributed by atoms with van der Waals surface area (Å²) in [5, 5.41) is 8.99. The second-order valence-corrected chi connectivity index (χ2v) is 62.2. The molecule has 1 saturated heterocycles. The van der Waals surface area contributed by atoms with Crippen molar-refractivity contribution in [2.75, 3.05) is 13.1 Å². The van der Waals surface area contributed by atoms with Gasteiger partial charge in [-0.25, -0.2) is 0 Å². The van der Waals surface area contributed by atoms with Gasteiger partial charge in [-0.3, -0.25) is 0 Å². The summed E-state index contributed by atoms with van der Waals surface area (Å²) in [6, 6.07) is 0.406. The van der Waals surface area contributed by atoms with Crippen LogP contribution in [0.15, 0.2) is 23.9 Å². The van der Waals surface area contributed by atoms with Crippen molar-refractivity contribution in [3.05, 3.63) is 34.6 Å². The summed E-state index contributed by atoms with van der Waals surface area (Å²) < 4.78 is 0. The number of nitrogens with zero attached hydrogens (tertiary/aromatic N) is 2. The van der Waals surface area contributed by atoms with E-state index >= 15 is 0 Å². The minimum absolute atomic E-state index is 0.406. The molecule has 0 aromatic carbocycles. The summed E-state index contributed by atoms with van der Waals surface area (Å²) in [5.74, 6) is 0. The number of halogens is 2. The summed E-state index contributed by atoms with van der Waals surface area (Å²) in [6.45, 7) is 1.87. The van der Waals surface area contributed by atoms with Crippen LogP contribution in [0.1, 0.15) is 19.3 Å². The Balaban J connectivity index is 0.000000249. The van der Waals surface area contributed by atoms with Gasteiger partial charge < -0.3 is 10.6 Å². The van der Waals surface area contributed by atoms with Crippen molar-refractivity contribution in [1.29, 1.82) is 0 Å². The summed E-state index contributed by atoms with van der Waals surface area (Å²) in [5.41, 5.74) is 1.19. The Hall–Kier alpha value is 1.50. The van der Waals surface area contributed by atoms with E-state index in [4.69, 9.17) is 0 Å². The Kier molecular flexibility index (Phi) is 8.40. The van der Waals surface area contributed by atoms with Gasteiger partial charge >= 0.3 is 57.6 Å². The fourth-order valence-corrected chi connectivity index (χ4v) is 1.68. The fourth-order valence-electron chi connectivity index (χ4n) is 1.68. The SMILES string of the molecule is C1=CC[N-]C(C2CCCC[N-]2)=C1.[CH3][Sn]([CH3])([I])[I]. The fraction of sp³-hybridized carbons (Fsp3) is 0.667. The first-order chi connectivity index (χ1) is 7.97. The van der Waals surface area contributed by atoms with Crippen LogP contribution in [0.2, 0.25) is 9.88 Å². The molecule has 2 heterocycles. The Morgan fingerprint density at radius 3 is 2.47 bits per heavy atom. The van der Waals surface area contributed by atoms with Gasteiger partial charge in [0.1, 0.15) is 0 Å². The molecular weight excluding hydrogens is 545 g/mol. The normalized spacial score (nSPS) is 24.2. The zero-order chi connectivity index (χ0) is 12.7. The average molecular weight is 565 g/mol. The number of allylic oxidation sites excluding steroid dienone is 2. The number of hydrogen-bond acceptors (Lipinski definition) is 0. The third kappa shape index (κ3) is 9.09. The van der Waals surface area contributed by atoms with E-state index in [2.05, 4.69) is 76.0 Å². The summed E-state index contributed by atoms with van der Waals surface area (Å²) in [4.78, 5) is 4.74.